The van der Waals surface area contributed by atoms with Crippen molar-refractivity contribution in [1.29, 1.82) is 0 Å². The van der Waals surface area contributed by atoms with Crippen molar-refractivity contribution in [3.05, 3.63) is 36.6 Å². The number of hydrogen-bond acceptors (Lipinski definition) is 3. The summed E-state index contributed by atoms with van der Waals surface area (Å²) in [5.41, 5.74) is 0.890. The van der Waals surface area contributed by atoms with Crippen molar-refractivity contribution in [2.45, 2.75) is 6.42 Å². The van der Waals surface area contributed by atoms with Gasteiger partial charge >= 0.3 is 0 Å². The van der Waals surface area contributed by atoms with E-state index < -0.39 is 0 Å². The van der Waals surface area contributed by atoms with Crippen molar-refractivity contribution in [3.63, 3.8) is 0 Å². The Bertz CT molecular complexity index is 159. The molecule has 2 N–H and O–H groups in total. The van der Waals surface area contributed by atoms with Gasteiger partial charge in [0.25, 0.3) is 0 Å². The largest absolute Gasteiger partial charge is 0.396 e. The van der Waals surface area contributed by atoms with Crippen LogP contribution in [0, 0.1) is 0 Å². The summed E-state index contributed by atoms with van der Waals surface area (Å²) < 4.78 is 0. The highest BCUT2D eigenvalue weighted by molar-refractivity contribution is 5.21. The number of aliphatic hydroxyl groups is 1. The van der Waals surface area contributed by atoms with Crippen LogP contribution in [0.2, 0.25) is 0 Å². The Balaban J connectivity index is 3.89. The van der Waals surface area contributed by atoms with Crippen LogP contribution in [-0.4, -0.2) is 17.0 Å². The molecule has 3 heteroatoms. The molecular formula is C8H12O3. The van der Waals surface area contributed by atoms with E-state index in [2.05, 4.69) is 11.5 Å². The van der Waals surface area contributed by atoms with Crippen LogP contribution in [0.1, 0.15) is 6.42 Å². The molecule has 0 saturated heterocycles. The zero-order valence-electron chi connectivity index (χ0n) is 6.23. The number of aliphatic hydroxyl groups excluding tert-OH is 1. The second-order valence-corrected chi connectivity index (χ2v) is 1.85. The fourth-order valence-corrected chi connectivity index (χ4v) is 0.581. The van der Waals surface area contributed by atoms with Crippen LogP contribution >= 0.6 is 0 Å². The van der Waals surface area contributed by atoms with E-state index in [4.69, 9.17) is 10.4 Å². The molecule has 0 aliphatic heterocycles. The zero-order valence-corrected chi connectivity index (χ0v) is 6.23. The Labute approximate surface area is 65.9 Å². The third kappa shape index (κ3) is 5.39. The molecule has 0 bridgehead atoms. The monoisotopic (exact) mass is 156 g/mol. The number of hydrogen-bond donors (Lipinski definition) is 2. The van der Waals surface area contributed by atoms with Crippen LogP contribution in [-0.2, 0) is 4.89 Å². The van der Waals surface area contributed by atoms with Crippen molar-refractivity contribution in [3.8, 4) is 0 Å². The van der Waals surface area contributed by atoms with Crippen LogP contribution in [0.5, 0.6) is 0 Å². The van der Waals surface area contributed by atoms with Gasteiger partial charge in [-0.1, -0.05) is 18.7 Å². The van der Waals surface area contributed by atoms with Crippen molar-refractivity contribution < 1.29 is 15.3 Å². The summed E-state index contributed by atoms with van der Waals surface area (Å²) in [5.74, 6) is 0. The lowest BCUT2D eigenvalue weighted by Crippen LogP contribution is -1.83. The van der Waals surface area contributed by atoms with Crippen LogP contribution < -0.4 is 0 Å². The van der Waals surface area contributed by atoms with Crippen molar-refractivity contribution in [2.24, 2.45) is 0 Å². The first-order valence-electron chi connectivity index (χ1n) is 3.24. The van der Waals surface area contributed by atoms with E-state index in [0.717, 1.165) is 11.8 Å². The van der Waals surface area contributed by atoms with Gasteiger partial charge in [-0.05, 0) is 18.1 Å². The minimum Gasteiger partial charge on any atom is -0.396 e. The minimum atomic E-state index is 0.0890. The Hall–Kier alpha value is -1.06. The van der Waals surface area contributed by atoms with Crippen molar-refractivity contribution in [2.75, 3.05) is 6.61 Å². The molecule has 0 saturated carbocycles. The van der Waals surface area contributed by atoms with Crippen LogP contribution in [0.25, 0.3) is 0 Å². The van der Waals surface area contributed by atoms with Gasteiger partial charge in [-0.25, -0.2) is 5.26 Å². The average Bonchev–Trinajstić information content (AvgIpc) is 2.03. The lowest BCUT2D eigenvalue weighted by molar-refractivity contribution is -0.186. The Morgan fingerprint density at radius 2 is 2.27 bits per heavy atom. The highest BCUT2D eigenvalue weighted by Gasteiger charge is 1.86. The van der Waals surface area contributed by atoms with Crippen LogP contribution in [0.15, 0.2) is 36.6 Å². The topological polar surface area (TPSA) is 49.7 Å². The minimum absolute atomic E-state index is 0.0890. The summed E-state index contributed by atoms with van der Waals surface area (Å²) in [5, 5.41) is 16.4. The standard InChI is InChI=1S/C8H12O3/c1-2-8(5-6-9)4-3-7-11-10/h2-4,7,9-10H,1,5-6H2/b7-3-,8-4+. The van der Waals surface area contributed by atoms with E-state index >= 15 is 0 Å². The van der Waals surface area contributed by atoms with E-state index in [1.165, 1.54) is 6.08 Å². The fraction of sp³-hybridized carbons (Fsp3) is 0.250. The molecule has 0 fully saturated rings. The molecule has 11 heavy (non-hydrogen) atoms. The molecule has 3 nitrogen and oxygen atoms in total. The van der Waals surface area contributed by atoms with Gasteiger partial charge in [0, 0.05) is 6.61 Å². The molecule has 62 valence electrons. The van der Waals surface area contributed by atoms with Crippen molar-refractivity contribution >= 4 is 0 Å². The molecule has 0 spiro atoms. The lowest BCUT2D eigenvalue weighted by Gasteiger charge is -1.94. The van der Waals surface area contributed by atoms with E-state index in [1.807, 2.05) is 0 Å². The summed E-state index contributed by atoms with van der Waals surface area (Å²) in [6.45, 7) is 3.63. The van der Waals surface area contributed by atoms with Gasteiger partial charge < -0.3 is 9.99 Å². The van der Waals surface area contributed by atoms with Gasteiger partial charge in [-0.3, -0.25) is 0 Å². The fourth-order valence-electron chi connectivity index (χ4n) is 0.581. The summed E-state index contributed by atoms with van der Waals surface area (Å²) >= 11 is 0. The summed E-state index contributed by atoms with van der Waals surface area (Å²) in [4.78, 5) is 3.69. The molecular weight excluding hydrogens is 144 g/mol. The van der Waals surface area contributed by atoms with E-state index in [0.29, 0.717) is 6.42 Å². The maximum atomic E-state index is 8.53. The molecule has 0 atom stereocenters. The second kappa shape index (κ2) is 7.05. The first-order valence-corrected chi connectivity index (χ1v) is 3.24. The molecule has 0 amide bonds. The Morgan fingerprint density at radius 1 is 1.55 bits per heavy atom. The van der Waals surface area contributed by atoms with Crippen LogP contribution in [0.4, 0.5) is 0 Å². The predicted molar refractivity (Wildman–Crippen MR) is 42.8 cm³/mol. The third-order valence-electron chi connectivity index (χ3n) is 1.11. The van der Waals surface area contributed by atoms with E-state index in [9.17, 15) is 0 Å². The number of allylic oxidation sites excluding steroid dienone is 3. The Kier molecular flexibility index (Phi) is 6.37. The maximum Gasteiger partial charge on any atom is 0.129 e. The smallest absolute Gasteiger partial charge is 0.129 e. The van der Waals surface area contributed by atoms with Crippen LogP contribution in [0.3, 0.4) is 0 Å². The molecule has 0 aromatic rings. The quantitative estimate of drug-likeness (QED) is 0.274. The molecule has 0 aromatic carbocycles. The third-order valence-corrected chi connectivity index (χ3v) is 1.11. The summed E-state index contributed by atoms with van der Waals surface area (Å²) in [6, 6.07) is 0. The van der Waals surface area contributed by atoms with Gasteiger partial charge in [0.1, 0.15) is 6.26 Å². The predicted octanol–water partition coefficient (Wildman–Crippen LogP) is 1.48. The van der Waals surface area contributed by atoms with Gasteiger partial charge in [0.15, 0.2) is 0 Å². The highest BCUT2D eigenvalue weighted by Crippen LogP contribution is 2.00. The summed E-state index contributed by atoms with van der Waals surface area (Å²) in [7, 11) is 0. The van der Waals surface area contributed by atoms with E-state index in [-0.39, 0.29) is 6.61 Å². The van der Waals surface area contributed by atoms with Gasteiger partial charge in [0.2, 0.25) is 0 Å². The molecule has 0 aliphatic rings. The maximum absolute atomic E-state index is 8.53. The molecule has 0 aromatic heterocycles. The Morgan fingerprint density at radius 3 is 2.73 bits per heavy atom. The molecule has 0 unspecified atom stereocenters. The molecule has 0 heterocycles. The normalized spacial score (nSPS) is 12.0. The second-order valence-electron chi connectivity index (χ2n) is 1.85. The lowest BCUT2D eigenvalue weighted by atomic mass is 10.2. The van der Waals surface area contributed by atoms with Crippen molar-refractivity contribution in [1.82, 2.24) is 0 Å². The zero-order chi connectivity index (χ0) is 8.53. The average molecular weight is 156 g/mol. The SMILES string of the molecule is C=C/C(=C\C=C/OO)CCO. The molecule has 0 radical (unpaired) electrons. The first-order chi connectivity index (χ1) is 5.35. The highest BCUT2D eigenvalue weighted by atomic mass is 17.1. The molecule has 0 rings (SSSR count). The molecule has 0 aliphatic carbocycles. The summed E-state index contributed by atoms with van der Waals surface area (Å²) in [6.07, 6.45) is 6.53. The van der Waals surface area contributed by atoms with Gasteiger partial charge in [-0.2, -0.15) is 0 Å². The number of rotatable bonds is 5. The first kappa shape index (κ1) is 9.94. The van der Waals surface area contributed by atoms with E-state index in [1.54, 1.807) is 12.2 Å². The van der Waals surface area contributed by atoms with Gasteiger partial charge in [0.05, 0.1) is 0 Å². The van der Waals surface area contributed by atoms with Gasteiger partial charge in [-0.15, -0.1) is 0 Å².